The number of aryl methyl sites for hydroxylation is 1. The highest BCUT2D eigenvalue weighted by atomic mass is 32.1. The van der Waals surface area contributed by atoms with Gasteiger partial charge in [-0.1, -0.05) is 35.9 Å². The number of hydrogen-bond donors (Lipinski definition) is 3. The van der Waals surface area contributed by atoms with Crippen molar-refractivity contribution in [1.82, 2.24) is 5.32 Å². The number of carbonyl (C=O) groups excluding carboxylic acids is 2. The lowest BCUT2D eigenvalue weighted by Gasteiger charge is -2.23. The number of amides is 2. The summed E-state index contributed by atoms with van der Waals surface area (Å²) in [6, 6.07) is 18.4. The Morgan fingerprint density at radius 1 is 1.00 bits per heavy atom. The molecule has 2 amide bonds. The number of anilines is 1. The number of thiophene rings is 1. The van der Waals surface area contributed by atoms with Crippen LogP contribution in [0.25, 0.3) is 0 Å². The molecule has 0 aliphatic carbocycles. The number of nitrogens with one attached hydrogen (secondary N) is 2. The van der Waals surface area contributed by atoms with Crippen molar-refractivity contribution in [3.05, 3.63) is 87.6 Å². The van der Waals surface area contributed by atoms with E-state index in [4.69, 9.17) is 5.73 Å². The average Bonchev–Trinajstić information content (AvgIpc) is 3.21. The van der Waals surface area contributed by atoms with Crippen molar-refractivity contribution in [2.75, 3.05) is 5.32 Å². The van der Waals surface area contributed by atoms with Crippen molar-refractivity contribution >= 4 is 28.8 Å². The zero-order valence-electron chi connectivity index (χ0n) is 15.8. The molecule has 0 fully saturated rings. The summed E-state index contributed by atoms with van der Waals surface area (Å²) < 4.78 is 0. The monoisotopic (exact) mass is 393 g/mol. The van der Waals surface area contributed by atoms with Crippen molar-refractivity contribution in [3.63, 3.8) is 0 Å². The summed E-state index contributed by atoms with van der Waals surface area (Å²) in [5, 5.41) is 8.33. The van der Waals surface area contributed by atoms with Crippen LogP contribution in [0, 0.1) is 6.92 Å². The van der Waals surface area contributed by atoms with E-state index in [9.17, 15) is 9.59 Å². The Morgan fingerprint density at radius 2 is 1.68 bits per heavy atom. The van der Waals surface area contributed by atoms with Gasteiger partial charge in [0.05, 0.1) is 12.1 Å². The van der Waals surface area contributed by atoms with E-state index in [0.29, 0.717) is 11.3 Å². The minimum Gasteiger partial charge on any atom is -0.366 e. The molecule has 0 aliphatic heterocycles. The van der Waals surface area contributed by atoms with E-state index in [1.807, 2.05) is 18.4 Å². The fraction of sp³-hybridized carbons (Fsp3) is 0.182. The van der Waals surface area contributed by atoms with Crippen LogP contribution < -0.4 is 16.4 Å². The van der Waals surface area contributed by atoms with Crippen LogP contribution in [-0.2, 0) is 4.79 Å². The predicted octanol–water partition coefficient (Wildman–Crippen LogP) is 3.86. The van der Waals surface area contributed by atoms with E-state index < -0.39 is 11.9 Å². The smallest absolute Gasteiger partial charge is 0.248 e. The molecular formula is C22H23N3O2S. The normalized spacial score (nSPS) is 12.9. The van der Waals surface area contributed by atoms with Crippen LogP contribution in [0.4, 0.5) is 5.69 Å². The minimum absolute atomic E-state index is 0.0708. The molecule has 28 heavy (non-hydrogen) atoms. The third-order valence-corrected chi connectivity index (χ3v) is 5.42. The molecule has 1 heterocycles. The molecule has 2 atom stereocenters. The van der Waals surface area contributed by atoms with Crippen molar-refractivity contribution in [3.8, 4) is 0 Å². The number of nitrogens with two attached hydrogens (primary N) is 1. The molecule has 0 bridgehead atoms. The molecule has 0 unspecified atom stereocenters. The molecule has 5 nitrogen and oxygen atoms in total. The standard InChI is InChI=1S/C22H23N3O2S/c1-14-5-7-16(8-6-14)20(19-4-3-13-28-19)24-15(2)22(27)25-18-11-9-17(10-12-18)21(23)26/h3-13,15,20,24H,1-2H3,(H2,23,26)(H,25,27)/t15-,20-/m0/s1. The first-order valence-electron chi connectivity index (χ1n) is 9.01. The fourth-order valence-corrected chi connectivity index (χ4v) is 3.66. The number of rotatable bonds is 7. The second-order valence-corrected chi connectivity index (χ2v) is 7.66. The van der Waals surface area contributed by atoms with Gasteiger partial charge in [0.25, 0.3) is 0 Å². The molecule has 3 rings (SSSR count). The van der Waals surface area contributed by atoms with E-state index in [-0.39, 0.29) is 11.9 Å². The molecule has 0 aliphatic rings. The molecule has 4 N–H and O–H groups in total. The lowest BCUT2D eigenvalue weighted by atomic mass is 10.0. The summed E-state index contributed by atoms with van der Waals surface area (Å²) >= 11 is 1.65. The van der Waals surface area contributed by atoms with E-state index in [1.54, 1.807) is 35.6 Å². The number of hydrogen-bond acceptors (Lipinski definition) is 4. The van der Waals surface area contributed by atoms with Gasteiger partial charge in [0, 0.05) is 16.1 Å². The second kappa shape index (κ2) is 8.82. The van der Waals surface area contributed by atoms with Gasteiger partial charge in [-0.05, 0) is 55.1 Å². The number of primary amides is 1. The highest BCUT2D eigenvalue weighted by molar-refractivity contribution is 7.10. The van der Waals surface area contributed by atoms with Gasteiger partial charge in [-0.3, -0.25) is 14.9 Å². The molecule has 2 aromatic carbocycles. The van der Waals surface area contributed by atoms with Crippen LogP contribution in [0.15, 0.2) is 66.0 Å². The first kappa shape index (κ1) is 19.8. The Morgan fingerprint density at radius 3 is 2.25 bits per heavy atom. The average molecular weight is 394 g/mol. The van der Waals surface area contributed by atoms with E-state index >= 15 is 0 Å². The van der Waals surface area contributed by atoms with Gasteiger partial charge in [0.2, 0.25) is 11.8 Å². The number of carbonyl (C=O) groups is 2. The van der Waals surface area contributed by atoms with Crippen LogP contribution in [0.1, 0.15) is 39.3 Å². The largest absolute Gasteiger partial charge is 0.366 e. The minimum atomic E-state index is -0.496. The van der Waals surface area contributed by atoms with Crippen LogP contribution in [0.2, 0.25) is 0 Å². The quantitative estimate of drug-likeness (QED) is 0.570. The summed E-state index contributed by atoms with van der Waals surface area (Å²) in [6.45, 7) is 3.89. The maximum absolute atomic E-state index is 12.7. The third kappa shape index (κ3) is 4.85. The van der Waals surface area contributed by atoms with Gasteiger partial charge in [0.1, 0.15) is 0 Å². The van der Waals surface area contributed by atoms with Gasteiger partial charge < -0.3 is 11.1 Å². The SMILES string of the molecule is Cc1ccc([C@H](N[C@@H](C)C(=O)Nc2ccc(C(N)=O)cc2)c2cccs2)cc1. The topological polar surface area (TPSA) is 84.2 Å². The van der Waals surface area contributed by atoms with Gasteiger partial charge in [-0.2, -0.15) is 0 Å². The first-order valence-corrected chi connectivity index (χ1v) is 9.89. The van der Waals surface area contributed by atoms with Gasteiger partial charge in [-0.25, -0.2) is 0 Å². The summed E-state index contributed by atoms with van der Waals surface area (Å²) in [5.74, 6) is -0.648. The first-order chi connectivity index (χ1) is 13.4. The highest BCUT2D eigenvalue weighted by Gasteiger charge is 2.21. The molecule has 0 radical (unpaired) electrons. The summed E-state index contributed by atoms with van der Waals surface area (Å²) in [4.78, 5) is 25.0. The Kier molecular flexibility index (Phi) is 6.23. The van der Waals surface area contributed by atoms with Crippen LogP contribution in [0.5, 0.6) is 0 Å². The van der Waals surface area contributed by atoms with E-state index in [1.165, 1.54) is 5.56 Å². The summed E-state index contributed by atoms with van der Waals surface area (Å²) in [7, 11) is 0. The molecular weight excluding hydrogens is 370 g/mol. The molecule has 6 heteroatoms. The van der Waals surface area contributed by atoms with Gasteiger partial charge in [-0.15, -0.1) is 11.3 Å². The lowest BCUT2D eigenvalue weighted by Crippen LogP contribution is -2.40. The molecule has 3 aromatic rings. The molecule has 0 saturated heterocycles. The Bertz CT molecular complexity index is 935. The summed E-state index contributed by atoms with van der Waals surface area (Å²) in [5.41, 5.74) is 8.57. The Balaban J connectivity index is 1.72. The lowest BCUT2D eigenvalue weighted by molar-refractivity contribution is -0.117. The van der Waals surface area contributed by atoms with Crippen LogP contribution >= 0.6 is 11.3 Å². The van der Waals surface area contributed by atoms with Crippen LogP contribution in [0.3, 0.4) is 0 Å². The van der Waals surface area contributed by atoms with Crippen LogP contribution in [-0.4, -0.2) is 17.9 Å². The van der Waals surface area contributed by atoms with Crippen molar-refractivity contribution in [1.29, 1.82) is 0 Å². The zero-order valence-corrected chi connectivity index (χ0v) is 16.6. The Labute approximate surface area is 168 Å². The molecule has 1 aromatic heterocycles. The molecule has 0 spiro atoms. The second-order valence-electron chi connectivity index (χ2n) is 6.68. The van der Waals surface area contributed by atoms with Gasteiger partial charge >= 0.3 is 0 Å². The van der Waals surface area contributed by atoms with Crippen molar-refractivity contribution in [2.24, 2.45) is 5.73 Å². The summed E-state index contributed by atoms with van der Waals surface area (Å²) in [6.07, 6.45) is 0. The maximum atomic E-state index is 12.7. The van der Waals surface area contributed by atoms with Crippen molar-refractivity contribution < 1.29 is 9.59 Å². The van der Waals surface area contributed by atoms with Crippen molar-refractivity contribution in [2.45, 2.75) is 25.9 Å². The maximum Gasteiger partial charge on any atom is 0.248 e. The number of benzene rings is 2. The zero-order chi connectivity index (χ0) is 20.1. The van der Waals surface area contributed by atoms with E-state index in [2.05, 4.69) is 47.9 Å². The highest BCUT2D eigenvalue weighted by Crippen LogP contribution is 2.27. The predicted molar refractivity (Wildman–Crippen MR) is 114 cm³/mol. The molecule has 0 saturated carbocycles. The fourth-order valence-electron chi connectivity index (χ4n) is 2.85. The Hall–Kier alpha value is -2.96. The third-order valence-electron chi connectivity index (χ3n) is 4.49. The van der Waals surface area contributed by atoms with E-state index in [0.717, 1.165) is 10.4 Å². The van der Waals surface area contributed by atoms with Gasteiger partial charge in [0.15, 0.2) is 0 Å². The molecule has 144 valence electrons.